The van der Waals surface area contributed by atoms with Crippen LogP contribution >= 0.6 is 0 Å². The maximum atomic E-state index is 12.5. The number of methoxy groups -OCH3 is 1. The Balaban J connectivity index is 1.70. The number of carbonyl (C=O) groups excluding carboxylic acids is 1. The number of hydrogen-bond donors (Lipinski definition) is 1. The second-order valence-electron chi connectivity index (χ2n) is 6.70. The number of carbonyl (C=O) groups is 2. The van der Waals surface area contributed by atoms with E-state index in [1.54, 1.807) is 12.0 Å². The lowest BCUT2D eigenvalue weighted by atomic mass is 9.81. The fraction of sp³-hybridized carbons (Fsp3) is 0.474. The van der Waals surface area contributed by atoms with Crippen LogP contribution in [0.1, 0.15) is 12.5 Å². The molecule has 2 saturated heterocycles. The zero-order chi connectivity index (χ0) is 18.0. The monoisotopic (exact) mass is 344 g/mol. The maximum absolute atomic E-state index is 12.5. The van der Waals surface area contributed by atoms with Gasteiger partial charge in [-0.15, -0.1) is 0 Å². The van der Waals surface area contributed by atoms with Crippen molar-refractivity contribution in [1.82, 2.24) is 9.80 Å². The quantitative estimate of drug-likeness (QED) is 0.848. The molecule has 134 valence electrons. The van der Waals surface area contributed by atoms with Crippen molar-refractivity contribution >= 4 is 18.0 Å². The third-order valence-electron chi connectivity index (χ3n) is 5.30. The molecule has 1 amide bonds. The van der Waals surface area contributed by atoms with Crippen molar-refractivity contribution in [3.63, 3.8) is 0 Å². The molecule has 0 bridgehead atoms. The molecule has 0 saturated carbocycles. The molecule has 6 nitrogen and oxygen atoms in total. The van der Waals surface area contributed by atoms with Crippen LogP contribution in [-0.4, -0.2) is 66.6 Å². The fourth-order valence-electron chi connectivity index (χ4n) is 3.94. The molecular weight excluding hydrogens is 320 g/mol. The largest absolute Gasteiger partial charge is 0.496 e. The van der Waals surface area contributed by atoms with Crippen molar-refractivity contribution in [3.8, 4) is 5.75 Å². The Labute approximate surface area is 147 Å². The zero-order valence-corrected chi connectivity index (χ0v) is 14.6. The van der Waals surface area contributed by atoms with E-state index in [1.807, 2.05) is 43.3 Å². The lowest BCUT2D eigenvalue weighted by Crippen LogP contribution is -2.40. The van der Waals surface area contributed by atoms with E-state index in [1.165, 1.54) is 0 Å². The van der Waals surface area contributed by atoms with Crippen molar-refractivity contribution in [1.29, 1.82) is 0 Å². The van der Waals surface area contributed by atoms with Gasteiger partial charge in [0.25, 0.3) is 0 Å². The van der Waals surface area contributed by atoms with E-state index < -0.39 is 17.3 Å². The highest BCUT2D eigenvalue weighted by molar-refractivity contribution is 5.92. The Kier molecular flexibility index (Phi) is 4.81. The van der Waals surface area contributed by atoms with Crippen molar-refractivity contribution < 1.29 is 19.4 Å². The standard InChI is InChI=1S/C19H24N2O4/c1-3-21-13-19(18(23)24)12-20(11-15(19)17(21)22)10-6-8-14-7-4-5-9-16(14)25-2/h4-9,15H,3,10-13H2,1-2H3,(H,23,24)/b8-6+/t15-,19-/m1/s1. The number of fused-ring (bicyclic) bond motifs is 1. The fourth-order valence-corrected chi connectivity index (χ4v) is 3.94. The zero-order valence-electron chi connectivity index (χ0n) is 14.6. The molecule has 2 aliphatic heterocycles. The molecule has 2 fully saturated rings. The summed E-state index contributed by atoms with van der Waals surface area (Å²) in [6.45, 7) is 4.29. The highest BCUT2D eigenvalue weighted by Gasteiger charge is 2.61. The van der Waals surface area contributed by atoms with Gasteiger partial charge in [-0.3, -0.25) is 14.5 Å². The van der Waals surface area contributed by atoms with Gasteiger partial charge in [0.1, 0.15) is 11.2 Å². The average Bonchev–Trinajstić information content (AvgIpc) is 3.11. The van der Waals surface area contributed by atoms with Crippen molar-refractivity contribution in [3.05, 3.63) is 35.9 Å². The number of rotatable bonds is 6. The van der Waals surface area contributed by atoms with Crippen LogP contribution in [0.2, 0.25) is 0 Å². The van der Waals surface area contributed by atoms with Gasteiger partial charge in [0, 0.05) is 38.3 Å². The Morgan fingerprint density at radius 2 is 2.16 bits per heavy atom. The van der Waals surface area contributed by atoms with E-state index in [9.17, 15) is 14.7 Å². The van der Waals surface area contributed by atoms with Crippen molar-refractivity contribution in [2.75, 3.05) is 39.8 Å². The minimum absolute atomic E-state index is 0.0268. The molecule has 2 aliphatic rings. The SMILES string of the molecule is CCN1C[C@]2(C(=O)O)CN(C/C=C/c3ccccc3OC)C[C@@H]2C1=O. The van der Waals surface area contributed by atoms with Crippen LogP contribution < -0.4 is 4.74 Å². The second-order valence-corrected chi connectivity index (χ2v) is 6.70. The van der Waals surface area contributed by atoms with E-state index in [0.29, 0.717) is 32.7 Å². The van der Waals surface area contributed by atoms with Gasteiger partial charge >= 0.3 is 5.97 Å². The van der Waals surface area contributed by atoms with Crippen LogP contribution in [-0.2, 0) is 9.59 Å². The molecule has 1 N–H and O–H groups in total. The predicted molar refractivity (Wildman–Crippen MR) is 94.3 cm³/mol. The number of likely N-dealkylation sites (tertiary alicyclic amines) is 2. The average molecular weight is 344 g/mol. The molecule has 25 heavy (non-hydrogen) atoms. The summed E-state index contributed by atoms with van der Waals surface area (Å²) < 4.78 is 5.32. The van der Waals surface area contributed by atoms with Gasteiger partial charge < -0.3 is 14.7 Å². The summed E-state index contributed by atoms with van der Waals surface area (Å²) in [4.78, 5) is 28.1. The highest BCUT2D eigenvalue weighted by atomic mass is 16.5. The number of amides is 1. The lowest BCUT2D eigenvalue weighted by Gasteiger charge is -2.24. The molecule has 3 rings (SSSR count). The summed E-state index contributed by atoms with van der Waals surface area (Å²) in [7, 11) is 1.63. The van der Waals surface area contributed by atoms with E-state index in [0.717, 1.165) is 11.3 Å². The number of para-hydroxylation sites is 1. The van der Waals surface area contributed by atoms with Crippen molar-refractivity contribution in [2.24, 2.45) is 11.3 Å². The van der Waals surface area contributed by atoms with Crippen LogP contribution in [0.15, 0.2) is 30.3 Å². The number of nitrogens with zero attached hydrogens (tertiary/aromatic N) is 2. The smallest absolute Gasteiger partial charge is 0.313 e. The number of aliphatic carboxylic acids is 1. The topological polar surface area (TPSA) is 70.1 Å². The van der Waals surface area contributed by atoms with Gasteiger partial charge in [0.2, 0.25) is 5.91 Å². The van der Waals surface area contributed by atoms with E-state index in [4.69, 9.17) is 4.74 Å². The molecule has 0 aliphatic carbocycles. The Bertz CT molecular complexity index is 702. The first-order chi connectivity index (χ1) is 12.0. The van der Waals surface area contributed by atoms with E-state index in [2.05, 4.69) is 4.90 Å². The normalized spacial score (nSPS) is 26.4. The Morgan fingerprint density at radius 1 is 1.40 bits per heavy atom. The van der Waals surface area contributed by atoms with Crippen LogP contribution in [0.4, 0.5) is 0 Å². The van der Waals surface area contributed by atoms with Crippen molar-refractivity contribution in [2.45, 2.75) is 6.92 Å². The number of ether oxygens (including phenoxy) is 1. The maximum Gasteiger partial charge on any atom is 0.313 e. The molecule has 0 radical (unpaired) electrons. The van der Waals surface area contributed by atoms with Gasteiger partial charge in [-0.05, 0) is 13.0 Å². The minimum Gasteiger partial charge on any atom is -0.496 e. The number of carboxylic acid groups (broad SMARTS) is 1. The van der Waals surface area contributed by atoms with Crippen LogP contribution in [0.3, 0.4) is 0 Å². The Morgan fingerprint density at radius 3 is 2.80 bits per heavy atom. The summed E-state index contributed by atoms with van der Waals surface area (Å²) in [5.74, 6) is -0.531. The summed E-state index contributed by atoms with van der Waals surface area (Å²) in [6, 6.07) is 7.73. The third-order valence-corrected chi connectivity index (χ3v) is 5.30. The van der Waals surface area contributed by atoms with E-state index in [-0.39, 0.29) is 5.91 Å². The minimum atomic E-state index is -0.967. The van der Waals surface area contributed by atoms with Crippen LogP contribution in [0.25, 0.3) is 6.08 Å². The first kappa shape index (κ1) is 17.5. The van der Waals surface area contributed by atoms with Gasteiger partial charge in [0.05, 0.1) is 13.0 Å². The summed E-state index contributed by atoms with van der Waals surface area (Å²) in [6.07, 6.45) is 3.97. The molecule has 0 unspecified atom stereocenters. The molecular formula is C19H24N2O4. The molecule has 0 spiro atoms. The first-order valence-corrected chi connectivity index (χ1v) is 8.56. The van der Waals surface area contributed by atoms with Gasteiger partial charge in [-0.1, -0.05) is 30.4 Å². The Hall–Kier alpha value is -2.34. The summed E-state index contributed by atoms with van der Waals surface area (Å²) in [5, 5.41) is 9.75. The molecule has 2 atom stereocenters. The third kappa shape index (κ3) is 3.02. The van der Waals surface area contributed by atoms with Gasteiger partial charge in [-0.2, -0.15) is 0 Å². The summed E-state index contributed by atoms with van der Waals surface area (Å²) in [5.41, 5.74) is 0.0105. The molecule has 6 heteroatoms. The van der Waals surface area contributed by atoms with Gasteiger partial charge in [0.15, 0.2) is 0 Å². The lowest BCUT2D eigenvalue weighted by molar-refractivity contribution is -0.149. The van der Waals surface area contributed by atoms with Crippen LogP contribution in [0.5, 0.6) is 5.75 Å². The molecule has 1 aromatic carbocycles. The van der Waals surface area contributed by atoms with Crippen LogP contribution in [0, 0.1) is 11.3 Å². The van der Waals surface area contributed by atoms with E-state index >= 15 is 0 Å². The predicted octanol–water partition coefficient (Wildman–Crippen LogP) is 1.57. The second kappa shape index (κ2) is 6.88. The molecule has 2 heterocycles. The van der Waals surface area contributed by atoms with Gasteiger partial charge in [-0.25, -0.2) is 0 Å². The number of carboxylic acids is 1. The highest BCUT2D eigenvalue weighted by Crippen LogP contribution is 2.43. The molecule has 0 aromatic heterocycles. The number of hydrogen-bond acceptors (Lipinski definition) is 4. The molecule has 1 aromatic rings. The first-order valence-electron chi connectivity index (χ1n) is 8.56. The number of benzene rings is 1. The summed E-state index contributed by atoms with van der Waals surface area (Å²) >= 11 is 0.